The average molecular weight is 366 g/mol. The molecule has 8 heteroatoms. The number of rotatable bonds is 5. The number of anilines is 1. The lowest BCUT2D eigenvalue weighted by Gasteiger charge is -2.07. The van der Waals surface area contributed by atoms with E-state index in [1.807, 2.05) is 62.4 Å². The van der Waals surface area contributed by atoms with E-state index in [0.717, 1.165) is 34.3 Å². The number of hydrogen-bond acceptors (Lipinski definition) is 7. The van der Waals surface area contributed by atoms with E-state index in [2.05, 4.69) is 26.1 Å². The molecular weight excluding hydrogens is 348 g/mol. The van der Waals surface area contributed by atoms with Crippen LogP contribution in [0.1, 0.15) is 18.1 Å². The number of para-hydroxylation sites is 1. The minimum atomic E-state index is -0.172. The van der Waals surface area contributed by atoms with Gasteiger partial charge in [-0.05, 0) is 59.8 Å². The van der Waals surface area contributed by atoms with Crippen molar-refractivity contribution in [3.05, 3.63) is 59.7 Å². The number of nitrogens with one attached hydrogen (secondary N) is 1. The number of ketones is 1. The Labute approximate surface area is 155 Å². The Morgan fingerprint density at radius 3 is 2.54 bits per heavy atom. The number of thioether (sulfide) groups is 1. The van der Waals surface area contributed by atoms with E-state index in [1.54, 1.807) is 4.68 Å². The zero-order valence-corrected chi connectivity index (χ0v) is 15.5. The highest BCUT2D eigenvalue weighted by molar-refractivity contribution is 8.15. The van der Waals surface area contributed by atoms with Gasteiger partial charge in [-0.2, -0.15) is 9.78 Å². The second-order valence-electron chi connectivity index (χ2n) is 5.71. The van der Waals surface area contributed by atoms with Gasteiger partial charge >= 0.3 is 0 Å². The molecule has 0 radical (unpaired) electrons. The molecule has 0 fully saturated rings. The Morgan fingerprint density at radius 2 is 1.85 bits per heavy atom. The van der Waals surface area contributed by atoms with Crippen molar-refractivity contribution in [2.24, 2.45) is 5.10 Å². The van der Waals surface area contributed by atoms with Crippen molar-refractivity contribution >= 4 is 28.3 Å². The van der Waals surface area contributed by atoms with E-state index in [-0.39, 0.29) is 10.8 Å². The van der Waals surface area contributed by atoms with Crippen molar-refractivity contribution in [2.45, 2.75) is 25.9 Å². The Bertz CT molecular complexity index is 948. The maximum atomic E-state index is 12.0. The van der Waals surface area contributed by atoms with Gasteiger partial charge in [0.15, 0.2) is 10.8 Å². The van der Waals surface area contributed by atoms with E-state index in [1.165, 1.54) is 6.92 Å². The van der Waals surface area contributed by atoms with Crippen molar-refractivity contribution < 1.29 is 4.79 Å². The summed E-state index contributed by atoms with van der Waals surface area (Å²) in [5, 5.41) is 16.7. The van der Waals surface area contributed by atoms with Gasteiger partial charge in [0.2, 0.25) is 5.16 Å². The van der Waals surface area contributed by atoms with E-state index in [4.69, 9.17) is 0 Å². The Balaban J connectivity index is 1.84. The molecule has 1 heterocycles. The number of aryl methyl sites for hydroxylation is 2. The molecule has 1 aromatic heterocycles. The highest BCUT2D eigenvalue weighted by atomic mass is 32.2. The molecule has 3 rings (SSSR count). The molecule has 0 bridgehead atoms. The number of hydrazone groups is 1. The topological polar surface area (TPSA) is 85.1 Å². The maximum absolute atomic E-state index is 12.0. The van der Waals surface area contributed by atoms with Gasteiger partial charge in [-0.1, -0.05) is 35.9 Å². The summed E-state index contributed by atoms with van der Waals surface area (Å²) < 4.78 is 1.58. The molecular formula is C18H18N6OS. The molecule has 0 aliphatic heterocycles. The molecule has 2 aromatic carbocycles. The third-order valence-electron chi connectivity index (χ3n) is 3.63. The third-order valence-corrected chi connectivity index (χ3v) is 4.64. The second-order valence-corrected chi connectivity index (χ2v) is 6.67. The van der Waals surface area contributed by atoms with Crippen LogP contribution >= 0.6 is 11.8 Å². The number of hydrogen-bond donors (Lipinski definition) is 1. The SMILES string of the molecule is CC(=O)C(=NNc1ccccc1C)Sc1nnnn1-c1ccc(C)cc1. The quantitative estimate of drug-likeness (QED) is 0.322. The Hall–Kier alpha value is -3.00. The predicted molar refractivity (Wildman–Crippen MR) is 103 cm³/mol. The van der Waals surface area contributed by atoms with Crippen molar-refractivity contribution in [2.75, 3.05) is 5.43 Å². The van der Waals surface area contributed by atoms with Crippen molar-refractivity contribution in [1.82, 2.24) is 20.2 Å². The van der Waals surface area contributed by atoms with Crippen LogP contribution in [0.5, 0.6) is 0 Å². The van der Waals surface area contributed by atoms with E-state index in [9.17, 15) is 4.79 Å². The maximum Gasteiger partial charge on any atom is 0.220 e. The minimum absolute atomic E-state index is 0.172. The van der Waals surface area contributed by atoms with Gasteiger partial charge in [-0.3, -0.25) is 10.2 Å². The highest BCUT2D eigenvalue weighted by Crippen LogP contribution is 2.21. The summed E-state index contributed by atoms with van der Waals surface area (Å²) in [5.41, 5.74) is 6.78. The molecule has 3 aromatic rings. The van der Waals surface area contributed by atoms with Gasteiger partial charge in [-0.25, -0.2) is 0 Å². The summed E-state index contributed by atoms with van der Waals surface area (Å²) in [7, 11) is 0. The first kappa shape index (κ1) is 17.8. The number of benzene rings is 2. The van der Waals surface area contributed by atoms with Gasteiger partial charge in [0.05, 0.1) is 11.4 Å². The number of aromatic nitrogens is 4. The summed E-state index contributed by atoms with van der Waals surface area (Å²) in [6.45, 7) is 5.44. The van der Waals surface area contributed by atoms with E-state index in [0.29, 0.717) is 5.16 Å². The Kier molecular flexibility index (Phi) is 5.43. The average Bonchev–Trinajstić information content (AvgIpc) is 3.08. The zero-order valence-electron chi connectivity index (χ0n) is 14.7. The summed E-state index contributed by atoms with van der Waals surface area (Å²) >= 11 is 1.12. The van der Waals surface area contributed by atoms with Crippen molar-refractivity contribution in [1.29, 1.82) is 0 Å². The molecule has 0 saturated carbocycles. The highest BCUT2D eigenvalue weighted by Gasteiger charge is 2.16. The van der Waals surface area contributed by atoms with Crippen LogP contribution in [-0.4, -0.2) is 31.0 Å². The van der Waals surface area contributed by atoms with E-state index >= 15 is 0 Å². The molecule has 0 aliphatic rings. The molecule has 0 unspecified atom stereocenters. The van der Waals surface area contributed by atoms with Crippen LogP contribution in [0.4, 0.5) is 5.69 Å². The van der Waals surface area contributed by atoms with Gasteiger partial charge in [-0.15, -0.1) is 5.10 Å². The molecule has 7 nitrogen and oxygen atoms in total. The monoisotopic (exact) mass is 366 g/mol. The van der Waals surface area contributed by atoms with Crippen LogP contribution in [0.25, 0.3) is 5.69 Å². The van der Waals surface area contributed by atoms with Crippen LogP contribution < -0.4 is 5.43 Å². The van der Waals surface area contributed by atoms with Crippen LogP contribution in [0.3, 0.4) is 0 Å². The van der Waals surface area contributed by atoms with Crippen LogP contribution in [0, 0.1) is 13.8 Å². The van der Waals surface area contributed by atoms with Gasteiger partial charge in [0.1, 0.15) is 0 Å². The lowest BCUT2D eigenvalue weighted by atomic mass is 10.2. The molecule has 0 atom stereocenters. The fourth-order valence-corrected chi connectivity index (χ4v) is 2.87. The zero-order chi connectivity index (χ0) is 18.5. The van der Waals surface area contributed by atoms with Gasteiger partial charge in [0.25, 0.3) is 0 Å². The minimum Gasteiger partial charge on any atom is -0.292 e. The van der Waals surface area contributed by atoms with Crippen molar-refractivity contribution in [3.63, 3.8) is 0 Å². The normalized spacial score (nSPS) is 11.4. The summed E-state index contributed by atoms with van der Waals surface area (Å²) in [6.07, 6.45) is 0. The summed E-state index contributed by atoms with van der Waals surface area (Å²) in [4.78, 5) is 12.0. The largest absolute Gasteiger partial charge is 0.292 e. The first-order valence-electron chi connectivity index (χ1n) is 7.98. The van der Waals surface area contributed by atoms with Gasteiger partial charge < -0.3 is 0 Å². The lowest BCUT2D eigenvalue weighted by molar-refractivity contribution is -0.110. The summed E-state index contributed by atoms with van der Waals surface area (Å²) in [5.74, 6) is -0.172. The smallest absolute Gasteiger partial charge is 0.220 e. The Morgan fingerprint density at radius 1 is 1.12 bits per heavy atom. The summed E-state index contributed by atoms with van der Waals surface area (Å²) in [6, 6.07) is 15.5. The fourth-order valence-electron chi connectivity index (χ4n) is 2.16. The number of Topliss-reactive ketones (excluding diaryl/α,β-unsaturated/α-hetero) is 1. The second kappa shape index (κ2) is 7.92. The lowest BCUT2D eigenvalue weighted by Crippen LogP contribution is -2.10. The molecule has 0 aliphatic carbocycles. The standard InChI is InChI=1S/C18H18N6OS/c1-12-8-10-15(11-9-12)24-18(21-22-23-24)26-17(14(3)25)20-19-16-7-5-4-6-13(16)2/h4-11,19H,1-3H3. The first-order chi connectivity index (χ1) is 12.5. The molecule has 0 saturated heterocycles. The van der Waals surface area contributed by atoms with Crippen LogP contribution in [-0.2, 0) is 4.79 Å². The molecule has 1 N–H and O–H groups in total. The van der Waals surface area contributed by atoms with E-state index < -0.39 is 0 Å². The van der Waals surface area contributed by atoms with Crippen molar-refractivity contribution in [3.8, 4) is 5.69 Å². The molecule has 26 heavy (non-hydrogen) atoms. The van der Waals surface area contributed by atoms with Crippen LogP contribution in [0.2, 0.25) is 0 Å². The number of tetrazole rings is 1. The number of carbonyl (C=O) groups excluding carboxylic acids is 1. The van der Waals surface area contributed by atoms with Crippen LogP contribution in [0.15, 0.2) is 58.8 Å². The molecule has 132 valence electrons. The number of nitrogens with zero attached hydrogens (tertiary/aromatic N) is 5. The fraction of sp³-hybridized carbons (Fsp3) is 0.167. The predicted octanol–water partition coefficient (Wildman–Crippen LogP) is 3.39. The third kappa shape index (κ3) is 4.15. The molecule has 0 amide bonds. The number of carbonyl (C=O) groups is 1. The first-order valence-corrected chi connectivity index (χ1v) is 8.80. The molecule has 0 spiro atoms. The van der Waals surface area contributed by atoms with Gasteiger partial charge in [0, 0.05) is 6.92 Å².